The second-order valence-corrected chi connectivity index (χ2v) is 9.16. The monoisotopic (exact) mass is 598 g/mol. The maximum atomic E-state index is 13.1. The maximum absolute atomic E-state index is 13.1. The average molecular weight is 600 g/mol. The summed E-state index contributed by atoms with van der Waals surface area (Å²) in [7, 11) is 0. The van der Waals surface area contributed by atoms with Crippen LogP contribution < -0.4 is 19.7 Å². The number of amides is 4. The van der Waals surface area contributed by atoms with Crippen molar-refractivity contribution in [3.05, 3.63) is 92.4 Å². The Bertz CT molecular complexity index is 1320. The van der Waals surface area contributed by atoms with Crippen molar-refractivity contribution in [2.75, 3.05) is 11.5 Å². The van der Waals surface area contributed by atoms with Gasteiger partial charge in [0.05, 0.1) is 16.8 Å². The molecule has 3 aromatic carbocycles. The molecule has 1 saturated heterocycles. The van der Waals surface area contributed by atoms with Crippen LogP contribution in [0.25, 0.3) is 6.08 Å². The quantitative estimate of drug-likeness (QED) is 0.272. The molecule has 0 bridgehead atoms. The number of imide groups is 2. The average Bonchev–Trinajstić information content (AvgIpc) is 2.83. The lowest BCUT2D eigenvalue weighted by Gasteiger charge is -2.26. The van der Waals surface area contributed by atoms with E-state index in [1.807, 2.05) is 31.2 Å². The summed E-state index contributed by atoms with van der Waals surface area (Å²) in [6, 6.07) is 18.6. The number of benzene rings is 3. The molecule has 0 radical (unpaired) electrons. The number of nitrogens with zero attached hydrogens (tertiary/aromatic N) is 1. The molecule has 178 valence electrons. The summed E-state index contributed by atoms with van der Waals surface area (Å²) in [6.45, 7) is 2.71. The fraction of sp³-hybridized carbons (Fsp3) is 0.115. The number of rotatable bonds is 7. The van der Waals surface area contributed by atoms with E-state index >= 15 is 0 Å². The van der Waals surface area contributed by atoms with Crippen molar-refractivity contribution in [1.29, 1.82) is 0 Å². The normalized spacial score (nSPS) is 14.8. The van der Waals surface area contributed by atoms with Crippen LogP contribution in [0.1, 0.15) is 18.1 Å². The Hall–Kier alpha value is -3.43. The highest BCUT2D eigenvalue weighted by Gasteiger charge is 2.36. The van der Waals surface area contributed by atoms with Gasteiger partial charge < -0.3 is 9.47 Å². The van der Waals surface area contributed by atoms with Crippen LogP contribution in [0.3, 0.4) is 0 Å². The second-order valence-electron chi connectivity index (χ2n) is 7.45. The smallest absolute Gasteiger partial charge is 0.335 e. The van der Waals surface area contributed by atoms with E-state index in [0.717, 1.165) is 14.9 Å². The number of carbonyl (C=O) groups is 3. The van der Waals surface area contributed by atoms with Gasteiger partial charge in [0.1, 0.15) is 23.7 Å². The lowest BCUT2D eigenvalue weighted by Crippen LogP contribution is -2.54. The molecule has 1 N–H and O–H groups in total. The van der Waals surface area contributed by atoms with E-state index in [1.165, 1.54) is 6.08 Å². The third-order valence-corrected chi connectivity index (χ3v) is 6.51. The van der Waals surface area contributed by atoms with Crippen molar-refractivity contribution in [3.63, 3.8) is 0 Å². The standard InChI is InChI=1S/C26H20Br2N2O5/c1-2-34-19-10-8-18(9-11-19)30-25(32)20(24(31)29-26(30)33)13-16-7-12-23(22(28)14-16)35-15-17-5-3-4-6-21(17)27/h3-14H,2,15H2,1H3,(H,29,31,33)/b20-13+. The van der Waals surface area contributed by atoms with Crippen molar-refractivity contribution < 1.29 is 23.9 Å². The van der Waals surface area contributed by atoms with Gasteiger partial charge in [0.25, 0.3) is 11.8 Å². The summed E-state index contributed by atoms with van der Waals surface area (Å²) in [5.41, 5.74) is 1.75. The van der Waals surface area contributed by atoms with Gasteiger partial charge in [-0.2, -0.15) is 0 Å². The molecule has 0 atom stereocenters. The second kappa shape index (κ2) is 10.9. The van der Waals surface area contributed by atoms with Gasteiger partial charge in [-0.3, -0.25) is 14.9 Å². The van der Waals surface area contributed by atoms with Crippen LogP contribution in [0.15, 0.2) is 81.2 Å². The highest BCUT2D eigenvalue weighted by atomic mass is 79.9. The van der Waals surface area contributed by atoms with Gasteiger partial charge in [-0.15, -0.1) is 0 Å². The van der Waals surface area contributed by atoms with Crippen molar-refractivity contribution in [2.24, 2.45) is 0 Å². The van der Waals surface area contributed by atoms with E-state index in [9.17, 15) is 14.4 Å². The lowest BCUT2D eigenvalue weighted by atomic mass is 10.1. The van der Waals surface area contributed by atoms with E-state index in [0.29, 0.717) is 40.4 Å². The molecule has 4 rings (SSSR count). The zero-order valence-corrected chi connectivity index (χ0v) is 21.8. The molecule has 4 amide bonds. The minimum atomic E-state index is -0.807. The molecule has 1 heterocycles. The molecule has 0 saturated carbocycles. The van der Waals surface area contributed by atoms with E-state index in [2.05, 4.69) is 37.2 Å². The number of halogens is 2. The van der Waals surface area contributed by atoms with Gasteiger partial charge in [0, 0.05) is 10.0 Å². The highest BCUT2D eigenvalue weighted by Crippen LogP contribution is 2.30. The minimum Gasteiger partial charge on any atom is -0.494 e. The Morgan fingerprint density at radius 3 is 2.34 bits per heavy atom. The molecule has 3 aromatic rings. The molecule has 9 heteroatoms. The number of anilines is 1. The SMILES string of the molecule is CCOc1ccc(N2C(=O)NC(=O)/C(=C\c3ccc(OCc4ccccc4Br)c(Br)c3)C2=O)cc1. The number of carbonyl (C=O) groups excluding carboxylic acids is 3. The first kappa shape index (κ1) is 24.7. The number of barbiturate groups is 1. The Kier molecular flexibility index (Phi) is 7.67. The van der Waals surface area contributed by atoms with E-state index < -0.39 is 17.8 Å². The van der Waals surface area contributed by atoms with Crippen LogP contribution in [0.2, 0.25) is 0 Å². The van der Waals surface area contributed by atoms with Crippen molar-refractivity contribution >= 4 is 61.5 Å². The molecule has 35 heavy (non-hydrogen) atoms. The molecule has 0 aliphatic carbocycles. The molecule has 7 nitrogen and oxygen atoms in total. The zero-order chi connectivity index (χ0) is 24.9. The Balaban J connectivity index is 1.55. The van der Waals surface area contributed by atoms with Crippen LogP contribution >= 0.6 is 31.9 Å². The zero-order valence-electron chi connectivity index (χ0n) is 18.6. The fourth-order valence-corrected chi connectivity index (χ4v) is 4.32. The van der Waals surface area contributed by atoms with E-state index in [-0.39, 0.29) is 5.57 Å². The largest absolute Gasteiger partial charge is 0.494 e. The summed E-state index contributed by atoms with van der Waals surface area (Å²) in [6.07, 6.45) is 1.44. The molecule has 0 aromatic heterocycles. The third-order valence-electron chi connectivity index (χ3n) is 5.12. The van der Waals surface area contributed by atoms with Gasteiger partial charge in [-0.25, -0.2) is 9.69 Å². The van der Waals surface area contributed by atoms with Crippen molar-refractivity contribution in [3.8, 4) is 11.5 Å². The molecule has 0 spiro atoms. The summed E-state index contributed by atoms with van der Waals surface area (Å²) in [5.74, 6) is -0.255. The van der Waals surface area contributed by atoms with E-state index in [1.54, 1.807) is 42.5 Å². The van der Waals surface area contributed by atoms with Crippen LogP contribution in [0.4, 0.5) is 10.5 Å². The third kappa shape index (κ3) is 5.63. The molecule has 1 fully saturated rings. The highest BCUT2D eigenvalue weighted by molar-refractivity contribution is 9.10. The van der Waals surface area contributed by atoms with Crippen LogP contribution in [-0.4, -0.2) is 24.5 Å². The Morgan fingerprint density at radius 2 is 1.66 bits per heavy atom. The van der Waals surface area contributed by atoms with Crippen molar-refractivity contribution in [2.45, 2.75) is 13.5 Å². The maximum Gasteiger partial charge on any atom is 0.335 e. The first-order chi connectivity index (χ1) is 16.9. The predicted octanol–water partition coefficient (Wildman–Crippen LogP) is 5.86. The number of hydrogen-bond acceptors (Lipinski definition) is 5. The number of ether oxygens (including phenoxy) is 2. The van der Waals surface area contributed by atoms with Crippen LogP contribution in [0.5, 0.6) is 11.5 Å². The van der Waals surface area contributed by atoms with Gasteiger partial charge in [-0.05, 0) is 77.0 Å². The van der Waals surface area contributed by atoms with Gasteiger partial charge >= 0.3 is 6.03 Å². The predicted molar refractivity (Wildman–Crippen MR) is 139 cm³/mol. The Labute approximate surface area is 219 Å². The molecule has 0 unspecified atom stereocenters. The summed E-state index contributed by atoms with van der Waals surface area (Å²) < 4.78 is 12.9. The summed E-state index contributed by atoms with van der Waals surface area (Å²) >= 11 is 6.98. The summed E-state index contributed by atoms with van der Waals surface area (Å²) in [5, 5.41) is 2.22. The molecule has 1 aliphatic rings. The van der Waals surface area contributed by atoms with Gasteiger partial charge in [0.15, 0.2) is 0 Å². The summed E-state index contributed by atoms with van der Waals surface area (Å²) in [4.78, 5) is 38.9. The topological polar surface area (TPSA) is 84.9 Å². The van der Waals surface area contributed by atoms with Crippen LogP contribution in [-0.2, 0) is 16.2 Å². The van der Waals surface area contributed by atoms with Crippen LogP contribution in [0, 0.1) is 0 Å². The van der Waals surface area contributed by atoms with Gasteiger partial charge in [0.2, 0.25) is 0 Å². The minimum absolute atomic E-state index is 0.160. The molecular weight excluding hydrogens is 580 g/mol. The lowest BCUT2D eigenvalue weighted by molar-refractivity contribution is -0.122. The Morgan fingerprint density at radius 1 is 0.914 bits per heavy atom. The van der Waals surface area contributed by atoms with Gasteiger partial charge in [-0.1, -0.05) is 40.2 Å². The number of urea groups is 1. The fourth-order valence-electron chi connectivity index (χ4n) is 3.41. The molecule has 1 aliphatic heterocycles. The first-order valence-corrected chi connectivity index (χ1v) is 12.3. The first-order valence-electron chi connectivity index (χ1n) is 10.7. The van der Waals surface area contributed by atoms with Crippen molar-refractivity contribution in [1.82, 2.24) is 5.32 Å². The number of hydrogen-bond donors (Lipinski definition) is 1. The number of nitrogens with one attached hydrogen (secondary N) is 1. The molecular formula is C26H20Br2N2O5. The van der Waals surface area contributed by atoms with E-state index in [4.69, 9.17) is 9.47 Å².